The molecule has 23 heavy (non-hydrogen) atoms. The third-order valence-electron chi connectivity index (χ3n) is 3.79. The molecule has 8 nitrogen and oxygen atoms in total. The number of anilines is 1. The smallest absolute Gasteiger partial charge is 0.292 e. The molecule has 8 heteroatoms. The van der Waals surface area contributed by atoms with Crippen LogP contribution in [0.2, 0.25) is 0 Å². The Hall–Kier alpha value is -2.64. The molecule has 2 rings (SSSR count). The number of nitro groups is 1. The Morgan fingerprint density at radius 3 is 2.91 bits per heavy atom. The van der Waals surface area contributed by atoms with E-state index in [-0.39, 0.29) is 30.5 Å². The molecule has 1 atom stereocenters. The Kier molecular flexibility index (Phi) is 5.51. The van der Waals surface area contributed by atoms with E-state index < -0.39 is 11.0 Å². The number of hydrogen-bond donors (Lipinski definition) is 2. The van der Waals surface area contributed by atoms with E-state index in [9.17, 15) is 19.7 Å². The standard InChI is InChI=1S/C15H20N4O4/c1-2-12-15(21)17-9-10-18(12)14(20)7-8-16-11-5-3-4-6-13(11)19(22)23/h3-6,12,16H,2,7-10H2,1H3,(H,17,21). The van der Waals surface area contributed by atoms with Gasteiger partial charge in [0.25, 0.3) is 5.69 Å². The lowest BCUT2D eigenvalue weighted by molar-refractivity contribution is -0.384. The number of nitrogens with one attached hydrogen (secondary N) is 2. The second kappa shape index (κ2) is 7.57. The minimum atomic E-state index is -0.466. The zero-order valence-electron chi connectivity index (χ0n) is 12.9. The topological polar surface area (TPSA) is 105 Å². The number of carbonyl (C=O) groups excluding carboxylic acids is 2. The second-order valence-electron chi connectivity index (χ2n) is 5.25. The molecule has 124 valence electrons. The van der Waals surface area contributed by atoms with Crippen molar-refractivity contribution in [2.45, 2.75) is 25.8 Å². The molecule has 1 aromatic carbocycles. The SMILES string of the molecule is CCC1C(=O)NCCN1C(=O)CCNc1ccccc1[N+](=O)[O-]. The van der Waals surface area contributed by atoms with Crippen molar-refractivity contribution in [1.29, 1.82) is 0 Å². The van der Waals surface area contributed by atoms with E-state index in [1.54, 1.807) is 23.1 Å². The minimum Gasteiger partial charge on any atom is -0.379 e. The summed E-state index contributed by atoms with van der Waals surface area (Å²) in [7, 11) is 0. The highest BCUT2D eigenvalue weighted by Crippen LogP contribution is 2.23. The van der Waals surface area contributed by atoms with E-state index in [0.717, 1.165) is 0 Å². The van der Waals surface area contributed by atoms with Crippen LogP contribution in [0.3, 0.4) is 0 Å². The van der Waals surface area contributed by atoms with Crippen LogP contribution in [0.4, 0.5) is 11.4 Å². The summed E-state index contributed by atoms with van der Waals surface area (Å²) in [6, 6.07) is 5.87. The Labute approximate surface area is 134 Å². The number of hydrogen-bond acceptors (Lipinski definition) is 5. The van der Waals surface area contributed by atoms with Gasteiger partial charge in [-0.1, -0.05) is 19.1 Å². The van der Waals surface area contributed by atoms with Crippen LogP contribution in [-0.2, 0) is 9.59 Å². The fourth-order valence-electron chi connectivity index (χ4n) is 2.65. The van der Waals surface area contributed by atoms with Crippen molar-refractivity contribution in [3.63, 3.8) is 0 Å². The quantitative estimate of drug-likeness (QED) is 0.604. The van der Waals surface area contributed by atoms with E-state index in [0.29, 0.717) is 25.2 Å². The molecule has 0 saturated carbocycles. The lowest BCUT2D eigenvalue weighted by Crippen LogP contribution is -2.57. The van der Waals surface area contributed by atoms with Crippen LogP contribution >= 0.6 is 0 Å². The number of nitrogens with zero attached hydrogens (tertiary/aromatic N) is 2. The summed E-state index contributed by atoms with van der Waals surface area (Å²) in [5.41, 5.74) is 0.359. The number of amides is 2. The first-order valence-corrected chi connectivity index (χ1v) is 7.59. The highest BCUT2D eigenvalue weighted by molar-refractivity contribution is 5.88. The summed E-state index contributed by atoms with van der Waals surface area (Å²) in [5.74, 6) is -0.253. The van der Waals surface area contributed by atoms with E-state index in [2.05, 4.69) is 10.6 Å². The fraction of sp³-hybridized carbons (Fsp3) is 0.467. The molecule has 2 N–H and O–H groups in total. The van der Waals surface area contributed by atoms with Crippen LogP contribution in [-0.4, -0.2) is 47.3 Å². The van der Waals surface area contributed by atoms with Crippen molar-refractivity contribution >= 4 is 23.2 Å². The predicted octanol–water partition coefficient (Wildman–Crippen LogP) is 1.13. The van der Waals surface area contributed by atoms with Crippen molar-refractivity contribution in [3.05, 3.63) is 34.4 Å². The fourth-order valence-corrected chi connectivity index (χ4v) is 2.65. The van der Waals surface area contributed by atoms with Crippen molar-refractivity contribution in [2.24, 2.45) is 0 Å². The van der Waals surface area contributed by atoms with Gasteiger partial charge in [-0.25, -0.2) is 0 Å². The first-order valence-electron chi connectivity index (χ1n) is 7.59. The van der Waals surface area contributed by atoms with Gasteiger partial charge in [-0.15, -0.1) is 0 Å². The zero-order valence-corrected chi connectivity index (χ0v) is 12.9. The maximum Gasteiger partial charge on any atom is 0.292 e. The van der Waals surface area contributed by atoms with Crippen LogP contribution in [0.1, 0.15) is 19.8 Å². The molecule has 1 unspecified atom stereocenters. The number of piperazine rings is 1. The van der Waals surface area contributed by atoms with Crippen LogP contribution in [0, 0.1) is 10.1 Å². The van der Waals surface area contributed by atoms with Gasteiger partial charge in [0.05, 0.1) is 4.92 Å². The van der Waals surface area contributed by atoms with Crippen molar-refractivity contribution in [1.82, 2.24) is 10.2 Å². The molecule has 1 fully saturated rings. The van der Waals surface area contributed by atoms with Crippen molar-refractivity contribution < 1.29 is 14.5 Å². The maximum absolute atomic E-state index is 12.3. The number of benzene rings is 1. The average Bonchev–Trinajstić information content (AvgIpc) is 2.54. The first kappa shape index (κ1) is 16.7. The molecule has 1 saturated heterocycles. The van der Waals surface area contributed by atoms with Gasteiger partial charge in [0.1, 0.15) is 11.7 Å². The molecule has 0 spiro atoms. The molecular formula is C15H20N4O4. The molecule has 1 aromatic rings. The second-order valence-corrected chi connectivity index (χ2v) is 5.25. The molecule has 0 aromatic heterocycles. The number of nitro benzene ring substituents is 1. The molecular weight excluding hydrogens is 300 g/mol. The minimum absolute atomic E-state index is 0.0243. The van der Waals surface area contributed by atoms with Crippen LogP contribution in [0.5, 0.6) is 0 Å². The summed E-state index contributed by atoms with van der Waals surface area (Å²) >= 11 is 0. The monoisotopic (exact) mass is 320 g/mol. The van der Waals surface area contributed by atoms with E-state index in [1.165, 1.54) is 6.07 Å². The normalized spacial score (nSPS) is 17.5. The van der Waals surface area contributed by atoms with Crippen molar-refractivity contribution in [2.75, 3.05) is 25.0 Å². The van der Waals surface area contributed by atoms with Gasteiger partial charge in [-0.3, -0.25) is 19.7 Å². The first-order chi connectivity index (χ1) is 11.0. The molecule has 2 amide bonds. The lowest BCUT2D eigenvalue weighted by atomic mass is 10.1. The van der Waals surface area contributed by atoms with Crippen LogP contribution in [0.25, 0.3) is 0 Å². The predicted molar refractivity (Wildman–Crippen MR) is 85.0 cm³/mol. The van der Waals surface area contributed by atoms with Gasteiger partial charge in [-0.2, -0.15) is 0 Å². The van der Waals surface area contributed by atoms with E-state index >= 15 is 0 Å². The van der Waals surface area contributed by atoms with Gasteiger partial charge in [0.2, 0.25) is 11.8 Å². The third kappa shape index (κ3) is 3.97. The largest absolute Gasteiger partial charge is 0.379 e. The number of rotatable bonds is 6. The van der Waals surface area contributed by atoms with E-state index in [1.807, 2.05) is 6.92 Å². The average molecular weight is 320 g/mol. The third-order valence-corrected chi connectivity index (χ3v) is 3.79. The number of para-hydroxylation sites is 2. The summed E-state index contributed by atoms with van der Waals surface area (Å²) in [6.45, 7) is 3.09. The van der Waals surface area contributed by atoms with Gasteiger partial charge >= 0.3 is 0 Å². The van der Waals surface area contributed by atoms with Gasteiger partial charge in [0.15, 0.2) is 0 Å². The molecule has 1 heterocycles. The van der Waals surface area contributed by atoms with Gasteiger partial charge < -0.3 is 15.5 Å². The zero-order chi connectivity index (χ0) is 16.8. The molecule has 0 aliphatic carbocycles. The van der Waals surface area contributed by atoms with Gasteiger partial charge in [-0.05, 0) is 12.5 Å². The highest BCUT2D eigenvalue weighted by atomic mass is 16.6. The molecule has 0 bridgehead atoms. The van der Waals surface area contributed by atoms with E-state index in [4.69, 9.17) is 0 Å². The molecule has 1 aliphatic heterocycles. The summed E-state index contributed by atoms with van der Waals surface area (Å²) < 4.78 is 0. The number of carbonyl (C=O) groups is 2. The lowest BCUT2D eigenvalue weighted by Gasteiger charge is -2.34. The Morgan fingerprint density at radius 1 is 1.48 bits per heavy atom. The Morgan fingerprint density at radius 2 is 2.22 bits per heavy atom. The summed E-state index contributed by atoms with van der Waals surface area (Å²) in [6.07, 6.45) is 0.741. The Bertz CT molecular complexity index is 605. The maximum atomic E-state index is 12.3. The van der Waals surface area contributed by atoms with Crippen LogP contribution in [0.15, 0.2) is 24.3 Å². The van der Waals surface area contributed by atoms with Crippen LogP contribution < -0.4 is 10.6 Å². The highest BCUT2D eigenvalue weighted by Gasteiger charge is 2.31. The molecule has 1 aliphatic rings. The van der Waals surface area contributed by atoms with Crippen molar-refractivity contribution in [3.8, 4) is 0 Å². The Balaban J connectivity index is 1.92. The van der Waals surface area contributed by atoms with Gasteiger partial charge in [0, 0.05) is 32.1 Å². The summed E-state index contributed by atoms with van der Waals surface area (Å²) in [5, 5.41) is 16.6. The molecule has 0 radical (unpaired) electrons. The summed E-state index contributed by atoms with van der Waals surface area (Å²) in [4.78, 5) is 36.1.